The first-order chi connectivity index (χ1) is 10.2. The van der Waals surface area contributed by atoms with Crippen molar-refractivity contribution in [1.29, 1.82) is 0 Å². The summed E-state index contributed by atoms with van der Waals surface area (Å²) in [4.78, 5) is 37.4. The lowest BCUT2D eigenvalue weighted by Gasteiger charge is -2.46. The van der Waals surface area contributed by atoms with Crippen LogP contribution in [0.4, 0.5) is 0 Å². The van der Waals surface area contributed by atoms with Crippen molar-refractivity contribution in [3.05, 3.63) is 35.9 Å². The summed E-state index contributed by atoms with van der Waals surface area (Å²) in [5.41, 5.74) is -0.0899. The van der Waals surface area contributed by atoms with Gasteiger partial charge >= 0.3 is 5.97 Å². The summed E-state index contributed by atoms with van der Waals surface area (Å²) >= 11 is 0. The molecule has 6 heteroatoms. The quantitative estimate of drug-likeness (QED) is 0.866. The van der Waals surface area contributed by atoms with E-state index < -0.39 is 29.5 Å². The van der Waals surface area contributed by atoms with Gasteiger partial charge in [-0.3, -0.25) is 9.59 Å². The minimum absolute atomic E-state index is 0.236. The number of aliphatic carboxylic acids is 1. The van der Waals surface area contributed by atoms with Gasteiger partial charge in [-0.25, -0.2) is 4.79 Å². The number of carboxylic acids is 1. The average Bonchev–Trinajstić information content (AvgIpc) is 2.45. The van der Waals surface area contributed by atoms with Crippen LogP contribution in [-0.2, 0) is 9.59 Å². The molecule has 0 bridgehead atoms. The van der Waals surface area contributed by atoms with Crippen LogP contribution in [0.2, 0.25) is 0 Å². The largest absolute Gasteiger partial charge is 0.480 e. The number of rotatable bonds is 2. The summed E-state index contributed by atoms with van der Waals surface area (Å²) in [5, 5.41) is 12.2. The molecule has 0 unspecified atom stereocenters. The topological polar surface area (TPSA) is 86.7 Å². The second-order valence-electron chi connectivity index (χ2n) is 6.47. The fourth-order valence-electron chi connectivity index (χ4n) is 2.56. The van der Waals surface area contributed by atoms with Crippen molar-refractivity contribution in [2.45, 2.75) is 39.4 Å². The molecular formula is C16H20N2O4. The summed E-state index contributed by atoms with van der Waals surface area (Å²) in [6.07, 6.45) is -0.914. The first-order valence-electron chi connectivity index (χ1n) is 7.11. The highest BCUT2D eigenvalue weighted by Gasteiger charge is 2.46. The number of nitrogens with zero attached hydrogens (tertiary/aromatic N) is 1. The van der Waals surface area contributed by atoms with Crippen molar-refractivity contribution in [2.75, 3.05) is 0 Å². The molecule has 0 spiro atoms. The Hall–Kier alpha value is -2.37. The lowest BCUT2D eigenvalue weighted by atomic mass is 9.87. The molecule has 1 aliphatic heterocycles. The maximum absolute atomic E-state index is 12.8. The number of carboxylic acid groups (broad SMARTS) is 1. The third kappa shape index (κ3) is 3.10. The Morgan fingerprint density at radius 3 is 2.32 bits per heavy atom. The normalized spacial score (nSPS) is 22.1. The maximum atomic E-state index is 12.8. The molecule has 22 heavy (non-hydrogen) atoms. The first kappa shape index (κ1) is 16.0. The van der Waals surface area contributed by atoms with Crippen LogP contribution in [-0.4, -0.2) is 40.0 Å². The first-order valence-corrected chi connectivity index (χ1v) is 7.11. The van der Waals surface area contributed by atoms with Gasteiger partial charge in [0.05, 0.1) is 6.42 Å². The number of carbonyl (C=O) groups excluding carboxylic acids is 2. The van der Waals surface area contributed by atoms with Gasteiger partial charge in [-0.1, -0.05) is 39.0 Å². The summed E-state index contributed by atoms with van der Waals surface area (Å²) in [6.45, 7) is 5.56. The molecule has 1 heterocycles. The zero-order valence-corrected chi connectivity index (χ0v) is 12.9. The fourth-order valence-corrected chi connectivity index (χ4v) is 2.56. The Balaban J connectivity index is 2.46. The Kier molecular flexibility index (Phi) is 4.21. The molecule has 0 aliphatic carbocycles. The van der Waals surface area contributed by atoms with Crippen LogP contribution in [0.1, 0.15) is 37.6 Å². The summed E-state index contributed by atoms with van der Waals surface area (Å²) in [6, 6.07) is 7.33. The molecule has 2 N–H and O–H groups in total. The lowest BCUT2D eigenvalue weighted by molar-refractivity contribution is -0.151. The van der Waals surface area contributed by atoms with Gasteiger partial charge in [0.1, 0.15) is 12.2 Å². The number of amides is 2. The third-order valence-corrected chi connectivity index (χ3v) is 3.65. The zero-order valence-electron chi connectivity index (χ0n) is 12.9. The summed E-state index contributed by atoms with van der Waals surface area (Å²) in [7, 11) is 0. The molecule has 0 aromatic heterocycles. The van der Waals surface area contributed by atoms with Crippen molar-refractivity contribution in [3.63, 3.8) is 0 Å². The number of nitrogens with one attached hydrogen (secondary N) is 1. The third-order valence-electron chi connectivity index (χ3n) is 3.65. The Morgan fingerprint density at radius 1 is 1.23 bits per heavy atom. The van der Waals surface area contributed by atoms with E-state index in [1.807, 2.05) is 20.8 Å². The summed E-state index contributed by atoms with van der Waals surface area (Å²) in [5.74, 6) is -1.93. The molecule has 2 rings (SSSR count). The predicted octanol–water partition coefficient (Wildman–Crippen LogP) is 1.47. The van der Waals surface area contributed by atoms with Crippen LogP contribution in [0.15, 0.2) is 30.3 Å². The van der Waals surface area contributed by atoms with E-state index >= 15 is 0 Å². The minimum atomic E-state index is -1.17. The molecule has 1 aliphatic rings. The highest BCUT2D eigenvalue weighted by atomic mass is 16.4. The van der Waals surface area contributed by atoms with E-state index in [-0.39, 0.29) is 12.3 Å². The molecule has 1 saturated heterocycles. The second kappa shape index (κ2) is 5.79. The van der Waals surface area contributed by atoms with Gasteiger partial charge in [0.2, 0.25) is 5.91 Å². The molecule has 6 nitrogen and oxygen atoms in total. The molecule has 2 atom stereocenters. The number of hydrogen-bond donors (Lipinski definition) is 2. The van der Waals surface area contributed by atoms with Crippen molar-refractivity contribution in [1.82, 2.24) is 10.2 Å². The van der Waals surface area contributed by atoms with Gasteiger partial charge in [-0.15, -0.1) is 0 Å². The Labute approximate surface area is 129 Å². The second-order valence-corrected chi connectivity index (χ2v) is 6.47. The van der Waals surface area contributed by atoms with Crippen molar-refractivity contribution < 1.29 is 19.5 Å². The van der Waals surface area contributed by atoms with E-state index in [4.69, 9.17) is 0 Å². The zero-order chi connectivity index (χ0) is 16.5. The molecule has 1 aromatic rings. The smallest absolute Gasteiger partial charge is 0.327 e. The fraction of sp³-hybridized carbons (Fsp3) is 0.438. The van der Waals surface area contributed by atoms with Gasteiger partial charge in [0.15, 0.2) is 0 Å². The highest BCUT2D eigenvalue weighted by molar-refractivity contribution is 5.99. The van der Waals surface area contributed by atoms with Crippen molar-refractivity contribution in [3.8, 4) is 0 Å². The van der Waals surface area contributed by atoms with Gasteiger partial charge in [0.25, 0.3) is 5.91 Å². The van der Waals surface area contributed by atoms with E-state index in [1.165, 1.54) is 4.90 Å². The molecular weight excluding hydrogens is 284 g/mol. The lowest BCUT2D eigenvalue weighted by Crippen LogP contribution is -2.66. The number of benzene rings is 1. The van der Waals surface area contributed by atoms with Crippen molar-refractivity contribution in [2.24, 2.45) is 5.41 Å². The van der Waals surface area contributed by atoms with E-state index in [1.54, 1.807) is 30.3 Å². The van der Waals surface area contributed by atoms with Crippen LogP contribution in [0, 0.1) is 5.41 Å². The van der Waals surface area contributed by atoms with Gasteiger partial charge in [0, 0.05) is 11.0 Å². The number of hydrogen-bond acceptors (Lipinski definition) is 3. The Bertz CT molecular complexity index is 592. The van der Waals surface area contributed by atoms with E-state index in [2.05, 4.69) is 5.32 Å². The van der Waals surface area contributed by atoms with E-state index in [0.29, 0.717) is 5.56 Å². The summed E-state index contributed by atoms with van der Waals surface area (Å²) < 4.78 is 0. The van der Waals surface area contributed by atoms with Crippen LogP contribution < -0.4 is 5.32 Å². The number of carbonyl (C=O) groups is 3. The molecule has 1 fully saturated rings. The Morgan fingerprint density at radius 2 is 1.82 bits per heavy atom. The molecule has 118 valence electrons. The van der Waals surface area contributed by atoms with Crippen LogP contribution in [0.25, 0.3) is 0 Å². The van der Waals surface area contributed by atoms with Crippen LogP contribution >= 0.6 is 0 Å². The van der Waals surface area contributed by atoms with Gasteiger partial charge < -0.3 is 15.3 Å². The predicted molar refractivity (Wildman–Crippen MR) is 80.0 cm³/mol. The van der Waals surface area contributed by atoms with Crippen LogP contribution in [0.5, 0.6) is 0 Å². The van der Waals surface area contributed by atoms with Crippen LogP contribution in [0.3, 0.4) is 0 Å². The van der Waals surface area contributed by atoms with E-state index in [9.17, 15) is 19.5 Å². The van der Waals surface area contributed by atoms with Gasteiger partial charge in [-0.2, -0.15) is 0 Å². The molecule has 0 saturated carbocycles. The molecule has 1 aromatic carbocycles. The highest BCUT2D eigenvalue weighted by Crippen LogP contribution is 2.29. The molecule has 0 radical (unpaired) electrons. The average molecular weight is 304 g/mol. The standard InChI is InChI=1S/C16H20N2O4/c1-16(2,3)15-17-12(19)9-11(14(21)22)18(15)13(20)10-7-5-4-6-8-10/h4-8,11,15H,9H2,1-3H3,(H,17,19)(H,21,22)/t11-,15-/m1/s1. The monoisotopic (exact) mass is 304 g/mol. The molecule has 2 amide bonds. The maximum Gasteiger partial charge on any atom is 0.327 e. The van der Waals surface area contributed by atoms with Crippen molar-refractivity contribution >= 4 is 17.8 Å². The SMILES string of the molecule is CC(C)(C)[C@@H]1NC(=O)C[C@H](C(=O)O)N1C(=O)c1ccccc1. The minimum Gasteiger partial charge on any atom is -0.480 e. The van der Waals surface area contributed by atoms with Gasteiger partial charge in [-0.05, 0) is 12.1 Å². The van der Waals surface area contributed by atoms with E-state index in [0.717, 1.165) is 0 Å².